The van der Waals surface area contributed by atoms with Crippen LogP contribution in [0.15, 0.2) is 46.4 Å². The first-order chi connectivity index (χ1) is 17.3. The minimum Gasteiger partial charge on any atom is -0.462 e. The zero-order valence-electron chi connectivity index (χ0n) is 19.9. The average Bonchev–Trinajstić information content (AvgIpc) is 3.46. The van der Waals surface area contributed by atoms with E-state index in [1.807, 2.05) is 12.1 Å². The van der Waals surface area contributed by atoms with Gasteiger partial charge in [-0.25, -0.2) is 9.59 Å². The molecule has 0 amide bonds. The van der Waals surface area contributed by atoms with Crippen LogP contribution in [0.5, 0.6) is 0 Å². The number of nitriles is 2. The lowest BCUT2D eigenvalue weighted by atomic mass is 10.0. The zero-order valence-corrected chi connectivity index (χ0v) is 20.7. The molecule has 0 spiro atoms. The molecule has 2 aromatic heterocycles. The molecule has 0 aliphatic heterocycles. The van der Waals surface area contributed by atoms with Crippen LogP contribution in [0.25, 0.3) is 17.4 Å². The number of hydrogen-bond acceptors (Lipinski definition) is 9. The van der Waals surface area contributed by atoms with Gasteiger partial charge in [0.25, 0.3) is 0 Å². The Bertz CT molecular complexity index is 1410. The van der Waals surface area contributed by atoms with Gasteiger partial charge in [-0.1, -0.05) is 12.1 Å². The molecule has 0 fully saturated rings. The monoisotopic (exact) mass is 502 g/mol. The summed E-state index contributed by atoms with van der Waals surface area (Å²) >= 11 is 1.02. The maximum absolute atomic E-state index is 12.9. The fourth-order valence-corrected chi connectivity index (χ4v) is 4.51. The quantitative estimate of drug-likeness (QED) is 0.220. The number of Topliss-reactive ketones (excluding diaryl/α,β-unsaturated/α-hetero) is 1. The van der Waals surface area contributed by atoms with Gasteiger partial charge < -0.3 is 13.9 Å². The van der Waals surface area contributed by atoms with Crippen LogP contribution in [0.1, 0.15) is 55.6 Å². The second-order valence-electron chi connectivity index (χ2n) is 7.46. The summed E-state index contributed by atoms with van der Waals surface area (Å²) in [5.74, 6) is -0.702. The number of carbonyl (C=O) groups is 3. The topological polar surface area (TPSA) is 130 Å². The van der Waals surface area contributed by atoms with Crippen LogP contribution in [0.3, 0.4) is 0 Å². The van der Waals surface area contributed by atoms with E-state index in [0.717, 1.165) is 11.3 Å². The highest BCUT2D eigenvalue weighted by Crippen LogP contribution is 2.30. The van der Waals surface area contributed by atoms with Gasteiger partial charge in [-0.3, -0.25) is 4.79 Å². The molecule has 182 valence electrons. The molecule has 8 nitrogen and oxygen atoms in total. The van der Waals surface area contributed by atoms with Crippen molar-refractivity contribution in [3.63, 3.8) is 0 Å². The maximum Gasteiger partial charge on any atom is 0.348 e. The van der Waals surface area contributed by atoms with Crippen molar-refractivity contribution in [2.45, 2.75) is 27.2 Å². The molecule has 0 saturated carbocycles. The Morgan fingerprint density at radius 1 is 1.00 bits per heavy atom. The lowest BCUT2D eigenvalue weighted by molar-refractivity contribution is -0.114. The van der Waals surface area contributed by atoms with Crippen LogP contribution in [-0.2, 0) is 20.7 Å². The molecule has 3 rings (SSSR count). The number of rotatable bonds is 9. The van der Waals surface area contributed by atoms with Gasteiger partial charge in [-0.05, 0) is 50.6 Å². The van der Waals surface area contributed by atoms with E-state index in [4.69, 9.17) is 13.9 Å². The Kier molecular flexibility index (Phi) is 8.56. The van der Waals surface area contributed by atoms with Crippen LogP contribution in [0.2, 0.25) is 0 Å². The number of carbonyl (C=O) groups excluding carboxylic acids is 3. The first-order valence-electron chi connectivity index (χ1n) is 11.0. The SMILES string of the molecule is CCOC(=O)c1ccc(-c2ccc(/C=C(\C#N)C(=O)Cc3sc(C(=O)OCC)c(C)c3C#N)o2)cc1. The largest absolute Gasteiger partial charge is 0.462 e. The van der Waals surface area contributed by atoms with Crippen molar-refractivity contribution in [1.29, 1.82) is 10.5 Å². The molecule has 9 heteroatoms. The minimum atomic E-state index is -0.551. The third-order valence-corrected chi connectivity index (χ3v) is 6.40. The number of esters is 2. The lowest BCUT2D eigenvalue weighted by Gasteiger charge is -2.02. The first kappa shape index (κ1) is 26.1. The highest BCUT2D eigenvalue weighted by atomic mass is 32.1. The summed E-state index contributed by atoms with van der Waals surface area (Å²) in [6, 6.07) is 13.9. The molecule has 3 aromatic rings. The molecule has 0 saturated heterocycles. The second kappa shape index (κ2) is 11.8. The summed E-state index contributed by atoms with van der Waals surface area (Å²) in [4.78, 5) is 37.5. The zero-order chi connectivity index (χ0) is 26.2. The van der Waals surface area contributed by atoms with Crippen molar-refractivity contribution in [3.8, 4) is 23.5 Å². The van der Waals surface area contributed by atoms with E-state index in [0.29, 0.717) is 33.1 Å². The van der Waals surface area contributed by atoms with Crippen LogP contribution < -0.4 is 0 Å². The number of benzene rings is 1. The Labute approximate surface area is 212 Å². The maximum atomic E-state index is 12.9. The predicted octanol–water partition coefficient (Wildman–Crippen LogP) is 5.26. The minimum absolute atomic E-state index is 0.152. The highest BCUT2D eigenvalue weighted by molar-refractivity contribution is 7.14. The van der Waals surface area contributed by atoms with Gasteiger partial charge in [0.15, 0.2) is 5.78 Å². The normalized spacial score (nSPS) is 10.9. The molecular weight excluding hydrogens is 480 g/mol. The van der Waals surface area contributed by atoms with E-state index in [2.05, 4.69) is 0 Å². The first-order valence-corrected chi connectivity index (χ1v) is 11.9. The summed E-state index contributed by atoms with van der Waals surface area (Å²) in [5.41, 5.74) is 1.65. The van der Waals surface area contributed by atoms with Gasteiger partial charge in [0.05, 0.1) is 29.9 Å². The van der Waals surface area contributed by atoms with E-state index in [1.165, 1.54) is 6.08 Å². The smallest absolute Gasteiger partial charge is 0.348 e. The summed E-state index contributed by atoms with van der Waals surface area (Å²) in [6.07, 6.45) is 1.12. The van der Waals surface area contributed by atoms with Gasteiger partial charge in [0.2, 0.25) is 0 Å². The van der Waals surface area contributed by atoms with E-state index < -0.39 is 17.7 Å². The molecular formula is C27H22N2O6S. The molecule has 36 heavy (non-hydrogen) atoms. The van der Waals surface area contributed by atoms with Crippen LogP contribution in [0, 0.1) is 29.6 Å². The highest BCUT2D eigenvalue weighted by Gasteiger charge is 2.23. The lowest BCUT2D eigenvalue weighted by Crippen LogP contribution is -2.05. The molecule has 0 aliphatic carbocycles. The second-order valence-corrected chi connectivity index (χ2v) is 8.56. The van der Waals surface area contributed by atoms with Gasteiger partial charge in [0.1, 0.15) is 28.5 Å². The van der Waals surface area contributed by atoms with Crippen molar-refractivity contribution in [1.82, 2.24) is 0 Å². The molecule has 0 bridgehead atoms. The number of ketones is 1. The average molecular weight is 503 g/mol. The molecule has 0 radical (unpaired) electrons. The third kappa shape index (κ3) is 5.77. The summed E-state index contributed by atoms with van der Waals surface area (Å²) in [7, 11) is 0. The van der Waals surface area contributed by atoms with Crippen molar-refractivity contribution in [2.75, 3.05) is 13.2 Å². The van der Waals surface area contributed by atoms with Crippen molar-refractivity contribution in [3.05, 3.63) is 74.2 Å². The molecule has 1 aromatic carbocycles. The fourth-order valence-electron chi connectivity index (χ4n) is 3.36. The van der Waals surface area contributed by atoms with Crippen molar-refractivity contribution >= 4 is 35.1 Å². The van der Waals surface area contributed by atoms with Crippen molar-refractivity contribution in [2.24, 2.45) is 0 Å². The van der Waals surface area contributed by atoms with E-state index in [1.54, 1.807) is 57.2 Å². The van der Waals surface area contributed by atoms with Gasteiger partial charge in [0, 0.05) is 22.9 Å². The number of nitrogens with zero attached hydrogens (tertiary/aromatic N) is 2. The Morgan fingerprint density at radius 3 is 2.28 bits per heavy atom. The summed E-state index contributed by atoms with van der Waals surface area (Å²) < 4.78 is 15.8. The number of thiophene rings is 1. The number of ether oxygens (including phenoxy) is 2. The van der Waals surface area contributed by atoms with Crippen LogP contribution >= 0.6 is 11.3 Å². The van der Waals surface area contributed by atoms with E-state index in [9.17, 15) is 24.9 Å². The Hall–Kier alpha value is -4.47. The molecule has 0 N–H and O–H groups in total. The van der Waals surface area contributed by atoms with Gasteiger partial charge in [-0.2, -0.15) is 10.5 Å². The number of allylic oxidation sites excluding steroid dienone is 1. The van der Waals surface area contributed by atoms with Crippen molar-refractivity contribution < 1.29 is 28.3 Å². The number of hydrogen-bond donors (Lipinski definition) is 0. The van der Waals surface area contributed by atoms with Crippen LogP contribution in [-0.4, -0.2) is 30.9 Å². The predicted molar refractivity (Wildman–Crippen MR) is 132 cm³/mol. The number of furan rings is 1. The Morgan fingerprint density at radius 2 is 1.67 bits per heavy atom. The Balaban J connectivity index is 1.80. The molecule has 0 atom stereocenters. The molecule has 0 aliphatic rings. The third-order valence-electron chi connectivity index (χ3n) is 5.13. The molecule has 0 unspecified atom stereocenters. The van der Waals surface area contributed by atoms with Crippen LogP contribution in [0.4, 0.5) is 0 Å². The molecule has 2 heterocycles. The fraction of sp³-hybridized carbons (Fsp3) is 0.222. The van der Waals surface area contributed by atoms with Gasteiger partial charge >= 0.3 is 11.9 Å². The van der Waals surface area contributed by atoms with Gasteiger partial charge in [-0.15, -0.1) is 11.3 Å². The van der Waals surface area contributed by atoms with E-state index >= 15 is 0 Å². The summed E-state index contributed by atoms with van der Waals surface area (Å²) in [5, 5.41) is 19.1. The van der Waals surface area contributed by atoms with E-state index in [-0.39, 0.29) is 35.6 Å². The standard InChI is InChI=1S/C27H22N2O6S/c1-4-33-26(31)18-8-6-17(7-9-18)23-11-10-20(35-23)12-19(14-28)22(30)13-24-21(15-29)16(3)25(36-24)27(32)34-5-2/h6-12H,4-5,13H2,1-3H3/b19-12+. The summed E-state index contributed by atoms with van der Waals surface area (Å²) in [6.45, 7) is 5.51.